The lowest BCUT2D eigenvalue weighted by Crippen LogP contribution is -2.32. The third-order valence-corrected chi connectivity index (χ3v) is 3.65. The number of hydrogen-bond acceptors (Lipinski definition) is 2. The van der Waals surface area contributed by atoms with Gasteiger partial charge in [0.25, 0.3) is 0 Å². The monoisotopic (exact) mass is 251 g/mol. The van der Waals surface area contributed by atoms with Crippen molar-refractivity contribution in [1.82, 2.24) is 5.32 Å². The largest absolute Gasteiger partial charge is 0.354 e. The Bertz CT molecular complexity index is 348. The number of carbonyl (C=O) groups is 1. The minimum Gasteiger partial charge on any atom is -0.354 e. The molecule has 2 nitrogen and oxygen atoms in total. The minimum absolute atomic E-state index is 0.152. The van der Waals surface area contributed by atoms with E-state index in [0.29, 0.717) is 6.42 Å². The molecule has 0 aromatic heterocycles. The number of amides is 1. The van der Waals surface area contributed by atoms with Crippen molar-refractivity contribution in [3.63, 3.8) is 0 Å². The third-order valence-electron chi connectivity index (χ3n) is 2.64. The highest BCUT2D eigenvalue weighted by Crippen LogP contribution is 2.18. The van der Waals surface area contributed by atoms with E-state index in [1.54, 1.807) is 11.8 Å². The lowest BCUT2D eigenvalue weighted by atomic mass is 10.2. The van der Waals surface area contributed by atoms with Crippen molar-refractivity contribution in [1.29, 1.82) is 0 Å². The van der Waals surface area contributed by atoms with E-state index >= 15 is 0 Å². The van der Waals surface area contributed by atoms with Crippen LogP contribution in [-0.2, 0) is 4.79 Å². The Morgan fingerprint density at radius 1 is 1.35 bits per heavy atom. The Kier molecular flexibility index (Phi) is 6.12. The van der Waals surface area contributed by atoms with Gasteiger partial charge in [-0.15, -0.1) is 11.8 Å². The van der Waals surface area contributed by atoms with Crippen molar-refractivity contribution >= 4 is 17.7 Å². The van der Waals surface area contributed by atoms with Crippen LogP contribution in [0.25, 0.3) is 0 Å². The van der Waals surface area contributed by atoms with Crippen LogP contribution < -0.4 is 5.32 Å². The number of hydrogen-bond donors (Lipinski definition) is 1. The molecule has 0 spiro atoms. The van der Waals surface area contributed by atoms with Crippen LogP contribution in [-0.4, -0.2) is 17.7 Å². The maximum atomic E-state index is 11.5. The Hall–Kier alpha value is -0.960. The molecule has 1 aromatic carbocycles. The number of nitrogens with one attached hydrogen (secondary N) is 1. The Labute approximate surface area is 108 Å². The van der Waals surface area contributed by atoms with Gasteiger partial charge in [0.15, 0.2) is 0 Å². The van der Waals surface area contributed by atoms with Gasteiger partial charge < -0.3 is 5.32 Å². The first kappa shape index (κ1) is 14.1. The van der Waals surface area contributed by atoms with Crippen LogP contribution in [0, 0.1) is 6.92 Å². The highest BCUT2D eigenvalue weighted by atomic mass is 32.2. The van der Waals surface area contributed by atoms with Crippen LogP contribution in [0.2, 0.25) is 0 Å². The van der Waals surface area contributed by atoms with Crippen LogP contribution in [0.3, 0.4) is 0 Å². The quantitative estimate of drug-likeness (QED) is 0.785. The fraction of sp³-hybridized carbons (Fsp3) is 0.500. The summed E-state index contributed by atoms with van der Waals surface area (Å²) in [7, 11) is 0. The average molecular weight is 251 g/mol. The molecule has 1 amide bonds. The van der Waals surface area contributed by atoms with Crippen LogP contribution in [0.5, 0.6) is 0 Å². The number of rotatable bonds is 6. The second-order valence-corrected chi connectivity index (χ2v) is 5.46. The second-order valence-electron chi connectivity index (χ2n) is 4.29. The van der Waals surface area contributed by atoms with E-state index in [9.17, 15) is 4.79 Å². The molecule has 3 heteroatoms. The molecule has 0 bridgehead atoms. The van der Waals surface area contributed by atoms with Gasteiger partial charge in [-0.1, -0.05) is 24.6 Å². The smallest absolute Gasteiger partial charge is 0.221 e. The zero-order chi connectivity index (χ0) is 12.7. The predicted molar refractivity (Wildman–Crippen MR) is 74.4 cm³/mol. The molecule has 0 aliphatic heterocycles. The molecule has 1 aromatic rings. The molecule has 0 saturated carbocycles. The van der Waals surface area contributed by atoms with Crippen LogP contribution in [0.4, 0.5) is 0 Å². The van der Waals surface area contributed by atoms with Crippen LogP contribution >= 0.6 is 11.8 Å². The summed E-state index contributed by atoms with van der Waals surface area (Å²) in [4.78, 5) is 12.8. The van der Waals surface area contributed by atoms with E-state index in [2.05, 4.69) is 43.4 Å². The summed E-state index contributed by atoms with van der Waals surface area (Å²) in [5.41, 5.74) is 1.27. The third kappa shape index (κ3) is 5.78. The highest BCUT2D eigenvalue weighted by Gasteiger charge is 2.05. The SMILES string of the molecule is CC[C@@H](C)NC(=O)CCSc1ccc(C)cc1. The van der Waals surface area contributed by atoms with Gasteiger partial charge in [0.1, 0.15) is 0 Å². The molecule has 0 aliphatic rings. The Morgan fingerprint density at radius 2 is 2.00 bits per heavy atom. The normalized spacial score (nSPS) is 12.2. The molecular formula is C14H21NOS. The van der Waals surface area contributed by atoms with E-state index in [1.807, 2.05) is 6.92 Å². The summed E-state index contributed by atoms with van der Waals surface area (Å²) in [6.45, 7) is 6.19. The molecule has 0 heterocycles. The van der Waals surface area contributed by atoms with Gasteiger partial charge >= 0.3 is 0 Å². The number of aryl methyl sites for hydroxylation is 1. The standard InChI is InChI=1S/C14H21NOS/c1-4-12(3)15-14(16)9-10-17-13-7-5-11(2)6-8-13/h5-8,12H,4,9-10H2,1-3H3,(H,15,16)/t12-/m1/s1. The number of thioether (sulfide) groups is 1. The van der Waals surface area contributed by atoms with E-state index in [1.165, 1.54) is 10.5 Å². The first-order chi connectivity index (χ1) is 8.11. The molecule has 0 saturated heterocycles. The number of carbonyl (C=O) groups excluding carboxylic acids is 1. The molecule has 1 atom stereocenters. The molecule has 0 radical (unpaired) electrons. The molecular weight excluding hydrogens is 230 g/mol. The van der Waals surface area contributed by atoms with Crippen molar-refractivity contribution in [3.05, 3.63) is 29.8 Å². The zero-order valence-corrected chi connectivity index (χ0v) is 11.6. The highest BCUT2D eigenvalue weighted by molar-refractivity contribution is 7.99. The maximum absolute atomic E-state index is 11.5. The molecule has 94 valence electrons. The van der Waals surface area contributed by atoms with E-state index < -0.39 is 0 Å². The Balaban J connectivity index is 2.23. The lowest BCUT2D eigenvalue weighted by Gasteiger charge is -2.10. The van der Waals surface area contributed by atoms with E-state index in [-0.39, 0.29) is 11.9 Å². The fourth-order valence-electron chi connectivity index (χ4n) is 1.35. The van der Waals surface area contributed by atoms with Crippen LogP contribution in [0.15, 0.2) is 29.2 Å². The van der Waals surface area contributed by atoms with Crippen molar-refractivity contribution in [2.24, 2.45) is 0 Å². The van der Waals surface area contributed by atoms with Gasteiger partial charge in [0.2, 0.25) is 5.91 Å². The van der Waals surface area contributed by atoms with E-state index in [0.717, 1.165) is 12.2 Å². The van der Waals surface area contributed by atoms with Gasteiger partial charge in [-0.3, -0.25) is 4.79 Å². The zero-order valence-electron chi connectivity index (χ0n) is 10.8. The van der Waals surface area contributed by atoms with Gasteiger partial charge in [-0.2, -0.15) is 0 Å². The summed E-state index contributed by atoms with van der Waals surface area (Å²) < 4.78 is 0. The van der Waals surface area contributed by atoms with Crippen molar-refractivity contribution in [2.75, 3.05) is 5.75 Å². The van der Waals surface area contributed by atoms with Crippen molar-refractivity contribution in [2.45, 2.75) is 44.6 Å². The second kappa shape index (κ2) is 7.38. The summed E-state index contributed by atoms with van der Waals surface area (Å²) >= 11 is 1.73. The summed E-state index contributed by atoms with van der Waals surface area (Å²) in [5, 5.41) is 2.97. The van der Waals surface area contributed by atoms with Gasteiger partial charge in [0, 0.05) is 23.1 Å². The lowest BCUT2D eigenvalue weighted by molar-refractivity contribution is -0.121. The van der Waals surface area contributed by atoms with Gasteiger partial charge in [-0.25, -0.2) is 0 Å². The molecule has 1 rings (SSSR count). The summed E-state index contributed by atoms with van der Waals surface area (Å²) in [6.07, 6.45) is 1.57. The summed E-state index contributed by atoms with van der Waals surface area (Å²) in [6, 6.07) is 8.69. The van der Waals surface area contributed by atoms with Gasteiger partial charge in [0.05, 0.1) is 0 Å². The van der Waals surface area contributed by atoms with Crippen molar-refractivity contribution < 1.29 is 4.79 Å². The predicted octanol–water partition coefficient (Wildman–Crippen LogP) is 3.39. The summed E-state index contributed by atoms with van der Waals surface area (Å²) in [5.74, 6) is 0.990. The van der Waals surface area contributed by atoms with Crippen LogP contribution in [0.1, 0.15) is 32.3 Å². The van der Waals surface area contributed by atoms with Crippen molar-refractivity contribution in [3.8, 4) is 0 Å². The topological polar surface area (TPSA) is 29.1 Å². The molecule has 17 heavy (non-hydrogen) atoms. The number of benzene rings is 1. The first-order valence-corrected chi connectivity index (χ1v) is 7.09. The minimum atomic E-state index is 0.152. The first-order valence-electron chi connectivity index (χ1n) is 6.10. The average Bonchev–Trinajstić information content (AvgIpc) is 2.31. The van der Waals surface area contributed by atoms with Gasteiger partial charge in [-0.05, 0) is 32.4 Å². The molecule has 0 fully saturated rings. The van der Waals surface area contributed by atoms with E-state index in [4.69, 9.17) is 0 Å². The molecule has 0 unspecified atom stereocenters. The maximum Gasteiger partial charge on any atom is 0.221 e. The fourth-order valence-corrected chi connectivity index (χ4v) is 2.20. The molecule has 0 aliphatic carbocycles. The molecule has 1 N–H and O–H groups in total. The Morgan fingerprint density at radius 3 is 2.59 bits per heavy atom.